The molecule has 0 bridgehead atoms. The Balaban J connectivity index is -0.00000341. The van der Waals surface area contributed by atoms with Gasteiger partial charge in [0.05, 0.1) is 18.8 Å². The fourth-order valence-corrected chi connectivity index (χ4v) is 4.24. The Kier molecular flexibility index (Phi) is 21.3. The maximum absolute atomic E-state index is 13.0. The molecule has 0 saturated heterocycles. The third-order valence-electron chi connectivity index (χ3n) is 6.57. The third kappa shape index (κ3) is 13.4. The molecule has 3 atom stereocenters. The van der Waals surface area contributed by atoms with Gasteiger partial charge in [-0.1, -0.05) is 77.4 Å². The van der Waals surface area contributed by atoms with Crippen LogP contribution in [-0.2, 0) is 9.59 Å². The summed E-state index contributed by atoms with van der Waals surface area (Å²) in [5.41, 5.74) is -1.71. The quantitative estimate of drug-likeness (QED) is 0.162. The zero-order valence-electron chi connectivity index (χ0n) is 23.1. The van der Waals surface area contributed by atoms with Gasteiger partial charge in [0.15, 0.2) is 11.5 Å². The zero-order chi connectivity index (χ0) is 23.8. The molecule has 0 aromatic rings. The van der Waals surface area contributed by atoms with Gasteiger partial charge in [-0.15, -0.1) is 0 Å². The number of ketones is 1. The average molecular weight is 493 g/mol. The van der Waals surface area contributed by atoms with Crippen molar-refractivity contribution in [1.29, 1.82) is 0 Å². The predicted octanol–water partition coefficient (Wildman–Crippen LogP) is 1.88. The number of aliphatic hydroxyl groups is 1. The monoisotopic (exact) mass is 492 g/mol. The molecule has 194 valence electrons. The van der Waals surface area contributed by atoms with E-state index in [-0.39, 0.29) is 36.5 Å². The standard InChI is InChI=1S/C26H46N2O4.Na.H2O.H/c1-4-5-6-7-8-9-10-11-12-13-14-15-16-17-18-23(22(2)25(30)31)24(29)26(3,32)28-20-19-27-21-28;;;/h11-12,21-23,32H,4-10,13-20H2,1-3H3,(H,30,31);;1H2;/q;+1;;-1. The first-order valence-corrected chi connectivity index (χ1v) is 12.7. The minimum absolute atomic E-state index is 0. The van der Waals surface area contributed by atoms with E-state index < -0.39 is 29.3 Å². The largest absolute Gasteiger partial charge is 1.00 e. The van der Waals surface area contributed by atoms with Gasteiger partial charge in [0.2, 0.25) is 0 Å². The number of aliphatic carboxylic acids is 1. The number of carboxylic acids is 1. The maximum atomic E-state index is 13.0. The van der Waals surface area contributed by atoms with Crippen molar-refractivity contribution in [2.45, 2.75) is 110 Å². The van der Waals surface area contributed by atoms with Crippen LogP contribution >= 0.6 is 0 Å². The van der Waals surface area contributed by atoms with Crippen molar-refractivity contribution >= 4 is 18.1 Å². The molecule has 0 radical (unpaired) electrons. The van der Waals surface area contributed by atoms with Crippen LogP contribution in [0.25, 0.3) is 0 Å². The van der Waals surface area contributed by atoms with Crippen LogP contribution in [0.1, 0.15) is 106 Å². The van der Waals surface area contributed by atoms with Gasteiger partial charge in [0.25, 0.3) is 0 Å². The topological polar surface area (TPSA) is 122 Å². The summed E-state index contributed by atoms with van der Waals surface area (Å²) in [6.07, 6.45) is 20.7. The third-order valence-corrected chi connectivity index (χ3v) is 6.57. The summed E-state index contributed by atoms with van der Waals surface area (Å²) < 4.78 is 0. The summed E-state index contributed by atoms with van der Waals surface area (Å²) in [7, 11) is 0. The number of Topliss-reactive ketones (excluding diaryl/α,β-unsaturated/α-hetero) is 1. The molecular weight excluding hydrogens is 443 g/mol. The van der Waals surface area contributed by atoms with Gasteiger partial charge in [0, 0.05) is 12.5 Å². The normalized spacial score (nSPS) is 16.5. The molecule has 0 spiro atoms. The summed E-state index contributed by atoms with van der Waals surface area (Å²) in [6, 6.07) is 0. The predicted molar refractivity (Wildman–Crippen MR) is 136 cm³/mol. The van der Waals surface area contributed by atoms with Crippen molar-refractivity contribution in [1.82, 2.24) is 4.90 Å². The molecule has 0 aromatic carbocycles. The molecule has 3 unspecified atom stereocenters. The Labute approximate surface area is 230 Å². The van der Waals surface area contributed by atoms with E-state index in [9.17, 15) is 19.8 Å². The number of nitrogens with zero attached hydrogens (tertiary/aromatic N) is 2. The van der Waals surface area contributed by atoms with Crippen molar-refractivity contribution in [3.63, 3.8) is 0 Å². The van der Waals surface area contributed by atoms with Crippen LogP contribution in [0.15, 0.2) is 17.1 Å². The second kappa shape index (κ2) is 20.5. The van der Waals surface area contributed by atoms with Crippen LogP contribution in [0.4, 0.5) is 0 Å². The molecule has 0 saturated carbocycles. The second-order valence-electron chi connectivity index (χ2n) is 9.35. The van der Waals surface area contributed by atoms with Crippen LogP contribution < -0.4 is 29.6 Å². The van der Waals surface area contributed by atoms with Crippen LogP contribution in [0.5, 0.6) is 0 Å². The number of aliphatic imine (C=N–C) groups is 1. The number of unbranched alkanes of at least 4 members (excludes halogenated alkanes) is 10. The van der Waals surface area contributed by atoms with Crippen LogP contribution in [0.2, 0.25) is 0 Å². The van der Waals surface area contributed by atoms with Crippen molar-refractivity contribution < 1.29 is 56.3 Å². The summed E-state index contributed by atoms with van der Waals surface area (Å²) in [6.45, 7) is 6.27. The average Bonchev–Trinajstić information content (AvgIpc) is 3.31. The van der Waals surface area contributed by atoms with Crippen molar-refractivity contribution in [3.05, 3.63) is 12.2 Å². The van der Waals surface area contributed by atoms with Gasteiger partial charge >= 0.3 is 35.5 Å². The number of allylic oxidation sites excluding steroid dienone is 2. The molecule has 1 rings (SSSR count). The van der Waals surface area contributed by atoms with E-state index in [0.29, 0.717) is 19.5 Å². The molecular formula is C26H49N2NaO5. The molecule has 4 N–H and O–H groups in total. The Morgan fingerprint density at radius 3 is 2.09 bits per heavy atom. The van der Waals surface area contributed by atoms with Crippen LogP contribution in [0, 0.1) is 11.8 Å². The summed E-state index contributed by atoms with van der Waals surface area (Å²) in [5, 5.41) is 20.2. The first-order valence-electron chi connectivity index (χ1n) is 12.7. The van der Waals surface area contributed by atoms with Crippen molar-refractivity contribution in [2.75, 3.05) is 13.1 Å². The summed E-state index contributed by atoms with van der Waals surface area (Å²) in [5.74, 6) is -2.93. The van der Waals surface area contributed by atoms with Crippen LogP contribution in [0.3, 0.4) is 0 Å². The zero-order valence-corrected chi connectivity index (χ0v) is 24.1. The minimum atomic E-state index is -1.71. The SMILES string of the molecule is CCCCCCCCC=CCCCCCCC(C(=O)C(C)(O)N1C=NCC1)C(C)C(=O)O.O.[H-].[Na+]. The van der Waals surface area contributed by atoms with Gasteiger partial charge in [-0.25, -0.2) is 0 Å². The fraction of sp³-hybridized carbons (Fsp3) is 0.808. The van der Waals surface area contributed by atoms with Gasteiger partial charge in [-0.2, -0.15) is 0 Å². The smallest absolute Gasteiger partial charge is 1.00 e. The number of rotatable bonds is 19. The van der Waals surface area contributed by atoms with Crippen molar-refractivity contribution in [2.24, 2.45) is 16.8 Å². The number of carbonyl (C=O) groups excluding carboxylic acids is 1. The molecule has 0 aliphatic carbocycles. The Bertz CT molecular complexity index is 617. The first kappa shape index (κ1) is 35.4. The Morgan fingerprint density at radius 2 is 1.59 bits per heavy atom. The molecule has 0 aromatic heterocycles. The second-order valence-corrected chi connectivity index (χ2v) is 9.35. The molecule has 0 fully saturated rings. The number of hydrogen-bond donors (Lipinski definition) is 2. The van der Waals surface area contributed by atoms with E-state index in [0.717, 1.165) is 32.1 Å². The molecule has 8 heteroatoms. The maximum Gasteiger partial charge on any atom is 1.00 e. The fourth-order valence-electron chi connectivity index (χ4n) is 4.24. The van der Waals surface area contributed by atoms with E-state index in [4.69, 9.17) is 0 Å². The molecule has 1 aliphatic rings. The molecule has 1 heterocycles. The Hall–Kier alpha value is -0.730. The van der Waals surface area contributed by atoms with Gasteiger partial charge in [0.1, 0.15) is 0 Å². The summed E-state index contributed by atoms with van der Waals surface area (Å²) in [4.78, 5) is 30.2. The summed E-state index contributed by atoms with van der Waals surface area (Å²) >= 11 is 0. The number of carbonyl (C=O) groups is 2. The van der Waals surface area contributed by atoms with Gasteiger partial charge in [-0.3, -0.25) is 14.6 Å². The number of carboxylic acid groups (broad SMARTS) is 1. The molecule has 7 nitrogen and oxygen atoms in total. The molecule has 34 heavy (non-hydrogen) atoms. The van der Waals surface area contributed by atoms with E-state index in [2.05, 4.69) is 24.1 Å². The van der Waals surface area contributed by atoms with Gasteiger partial charge < -0.3 is 22.0 Å². The van der Waals surface area contributed by atoms with E-state index in [1.807, 2.05) is 0 Å². The minimum Gasteiger partial charge on any atom is -1.00 e. The van der Waals surface area contributed by atoms with E-state index in [1.165, 1.54) is 63.1 Å². The van der Waals surface area contributed by atoms with E-state index >= 15 is 0 Å². The van der Waals surface area contributed by atoms with E-state index in [1.54, 1.807) is 6.92 Å². The molecule has 1 aliphatic heterocycles. The first-order chi connectivity index (χ1) is 15.3. The number of hydrogen-bond acceptors (Lipinski definition) is 5. The molecule has 0 amide bonds. The Morgan fingerprint density at radius 1 is 1.06 bits per heavy atom. The van der Waals surface area contributed by atoms with Crippen molar-refractivity contribution in [3.8, 4) is 0 Å². The van der Waals surface area contributed by atoms with Crippen LogP contribution in [-0.4, -0.2) is 57.5 Å². The van der Waals surface area contributed by atoms with Gasteiger partial charge in [-0.05, 0) is 39.0 Å².